The van der Waals surface area contributed by atoms with Crippen LogP contribution in [0.1, 0.15) is 33.6 Å². The number of rotatable bonds is 6. The van der Waals surface area contributed by atoms with Gasteiger partial charge in [0.05, 0.1) is 17.3 Å². The van der Waals surface area contributed by atoms with Gasteiger partial charge in [0.15, 0.2) is 0 Å². The zero-order chi connectivity index (χ0) is 20.9. The topological polar surface area (TPSA) is 65.5 Å². The molecule has 2 heterocycles. The summed E-state index contributed by atoms with van der Waals surface area (Å²) in [5, 5.41) is 13.9. The summed E-state index contributed by atoms with van der Waals surface area (Å²) in [6.45, 7) is 3.23. The summed E-state index contributed by atoms with van der Waals surface area (Å²) in [5.74, 6) is -0.137. The normalized spacial score (nSPS) is 15.3. The molecule has 7 heteroatoms. The number of piperidine rings is 1. The Morgan fingerprint density at radius 1 is 1.13 bits per heavy atom. The van der Waals surface area contributed by atoms with Gasteiger partial charge in [0, 0.05) is 31.7 Å². The number of aromatic nitrogens is 1. The Morgan fingerprint density at radius 2 is 1.83 bits per heavy atom. The first-order valence-electron chi connectivity index (χ1n) is 10.1. The highest BCUT2D eigenvalue weighted by atomic mass is 35.5. The third kappa shape index (κ3) is 5.26. The summed E-state index contributed by atoms with van der Waals surface area (Å²) < 4.78 is 0. The lowest BCUT2D eigenvalue weighted by Gasteiger charge is -2.29. The number of hydrogen-bond acceptors (Lipinski definition) is 5. The number of nitrogens with one attached hydrogen (secondary N) is 1. The molecule has 0 unspecified atom stereocenters. The third-order valence-corrected chi connectivity index (χ3v) is 6.63. The maximum atomic E-state index is 12.5. The Balaban J connectivity index is 1.30. The molecule has 1 aliphatic rings. The van der Waals surface area contributed by atoms with E-state index in [2.05, 4.69) is 39.5 Å². The summed E-state index contributed by atoms with van der Waals surface area (Å²) in [4.78, 5) is 19.8. The molecule has 1 aromatic heterocycles. The number of carbonyl (C=O) groups is 1. The van der Waals surface area contributed by atoms with Crippen molar-refractivity contribution in [2.45, 2.75) is 32.0 Å². The fourth-order valence-electron chi connectivity index (χ4n) is 3.51. The highest BCUT2D eigenvalue weighted by molar-refractivity contribution is 7.17. The second-order valence-electron chi connectivity index (χ2n) is 7.52. The van der Waals surface area contributed by atoms with Crippen molar-refractivity contribution < 1.29 is 9.90 Å². The fraction of sp³-hybridized carbons (Fsp3) is 0.304. The van der Waals surface area contributed by atoms with Gasteiger partial charge in [0.1, 0.15) is 9.88 Å². The largest absolute Gasteiger partial charge is 0.393 e. The van der Waals surface area contributed by atoms with Crippen LogP contribution in [-0.2, 0) is 13.1 Å². The zero-order valence-corrected chi connectivity index (χ0v) is 18.1. The zero-order valence-electron chi connectivity index (χ0n) is 16.6. The van der Waals surface area contributed by atoms with Crippen molar-refractivity contribution in [3.05, 3.63) is 75.8 Å². The van der Waals surface area contributed by atoms with Crippen LogP contribution in [0.2, 0.25) is 5.02 Å². The Kier molecular flexibility index (Phi) is 6.79. The lowest BCUT2D eigenvalue weighted by atomic mass is 10.1. The van der Waals surface area contributed by atoms with Crippen LogP contribution in [0.15, 0.2) is 54.7 Å². The van der Waals surface area contributed by atoms with Crippen molar-refractivity contribution in [1.29, 1.82) is 0 Å². The number of thiazole rings is 1. The molecule has 0 saturated carbocycles. The number of nitrogens with zero attached hydrogens (tertiary/aromatic N) is 2. The Labute approximate surface area is 185 Å². The standard InChI is InChI=1S/C23H24ClN3O2S/c24-20-4-2-1-3-19(20)23-26-14-21(30-23)22(29)25-13-16-5-7-17(8-6-16)15-27-11-9-18(28)10-12-27/h1-8,14,18,28H,9-13,15H2,(H,25,29). The van der Waals surface area contributed by atoms with Crippen molar-refractivity contribution in [3.8, 4) is 10.6 Å². The molecular formula is C23H24ClN3O2S. The minimum absolute atomic E-state index is 0.137. The lowest BCUT2D eigenvalue weighted by Crippen LogP contribution is -2.35. The van der Waals surface area contributed by atoms with E-state index >= 15 is 0 Å². The molecule has 2 aromatic carbocycles. The fourth-order valence-corrected chi connectivity index (χ4v) is 4.66. The van der Waals surface area contributed by atoms with E-state index in [1.54, 1.807) is 6.20 Å². The predicted molar refractivity (Wildman–Crippen MR) is 121 cm³/mol. The van der Waals surface area contributed by atoms with E-state index in [1.807, 2.05) is 24.3 Å². The molecule has 0 bridgehead atoms. The molecule has 0 aliphatic carbocycles. The number of benzene rings is 2. The van der Waals surface area contributed by atoms with Crippen LogP contribution in [0.5, 0.6) is 0 Å². The Hall–Kier alpha value is -2.25. The minimum atomic E-state index is -0.147. The van der Waals surface area contributed by atoms with Gasteiger partial charge in [-0.2, -0.15) is 0 Å². The first-order chi connectivity index (χ1) is 14.6. The minimum Gasteiger partial charge on any atom is -0.393 e. The van der Waals surface area contributed by atoms with Gasteiger partial charge in [0.2, 0.25) is 0 Å². The van der Waals surface area contributed by atoms with E-state index in [4.69, 9.17) is 11.6 Å². The van der Waals surface area contributed by atoms with Gasteiger partial charge >= 0.3 is 0 Å². The number of aliphatic hydroxyl groups excluding tert-OH is 1. The summed E-state index contributed by atoms with van der Waals surface area (Å²) in [7, 11) is 0. The van der Waals surface area contributed by atoms with Crippen LogP contribution in [0.3, 0.4) is 0 Å². The highest BCUT2D eigenvalue weighted by Gasteiger charge is 2.17. The van der Waals surface area contributed by atoms with Crippen LogP contribution in [0.4, 0.5) is 0 Å². The molecule has 1 fully saturated rings. The quantitative estimate of drug-likeness (QED) is 0.596. The van der Waals surface area contributed by atoms with Gasteiger partial charge in [-0.25, -0.2) is 4.98 Å². The first-order valence-corrected chi connectivity index (χ1v) is 11.2. The van der Waals surface area contributed by atoms with Crippen LogP contribution in [0, 0.1) is 0 Å². The summed E-state index contributed by atoms with van der Waals surface area (Å²) >= 11 is 7.56. The van der Waals surface area contributed by atoms with E-state index in [0.29, 0.717) is 16.4 Å². The van der Waals surface area contributed by atoms with Crippen molar-refractivity contribution >= 4 is 28.8 Å². The van der Waals surface area contributed by atoms with Crippen molar-refractivity contribution in [2.75, 3.05) is 13.1 Å². The highest BCUT2D eigenvalue weighted by Crippen LogP contribution is 2.30. The predicted octanol–water partition coefficient (Wildman–Crippen LogP) is 4.35. The molecule has 3 aromatic rings. The summed E-state index contributed by atoms with van der Waals surface area (Å²) in [5.41, 5.74) is 3.13. The maximum absolute atomic E-state index is 12.5. The lowest BCUT2D eigenvalue weighted by molar-refractivity contribution is 0.0792. The summed E-state index contributed by atoms with van der Waals surface area (Å²) in [6.07, 6.45) is 3.14. The number of aliphatic hydroxyl groups is 1. The van der Waals surface area contributed by atoms with Gasteiger partial charge in [0.25, 0.3) is 5.91 Å². The number of hydrogen-bond donors (Lipinski definition) is 2. The van der Waals surface area contributed by atoms with E-state index in [-0.39, 0.29) is 12.0 Å². The molecule has 2 N–H and O–H groups in total. The van der Waals surface area contributed by atoms with Crippen LogP contribution in [-0.4, -0.2) is 40.1 Å². The summed E-state index contributed by atoms with van der Waals surface area (Å²) in [6, 6.07) is 15.8. The first kappa shape index (κ1) is 21.0. The molecule has 156 valence electrons. The van der Waals surface area contributed by atoms with Gasteiger partial charge in [-0.3, -0.25) is 9.69 Å². The molecule has 5 nitrogen and oxygen atoms in total. The monoisotopic (exact) mass is 441 g/mol. The number of halogens is 1. The molecular weight excluding hydrogens is 418 g/mol. The van der Waals surface area contributed by atoms with Gasteiger partial charge in [-0.05, 0) is 30.0 Å². The average Bonchev–Trinajstić information content (AvgIpc) is 3.25. The van der Waals surface area contributed by atoms with Crippen LogP contribution < -0.4 is 5.32 Å². The van der Waals surface area contributed by atoms with Gasteiger partial charge in [-0.1, -0.05) is 54.1 Å². The van der Waals surface area contributed by atoms with E-state index in [9.17, 15) is 9.90 Å². The number of likely N-dealkylation sites (tertiary alicyclic amines) is 1. The molecule has 1 amide bonds. The molecule has 1 saturated heterocycles. The van der Waals surface area contributed by atoms with Gasteiger partial charge < -0.3 is 10.4 Å². The third-order valence-electron chi connectivity index (χ3n) is 5.27. The van der Waals surface area contributed by atoms with Crippen LogP contribution in [0.25, 0.3) is 10.6 Å². The number of carbonyl (C=O) groups excluding carboxylic acids is 1. The molecule has 30 heavy (non-hydrogen) atoms. The smallest absolute Gasteiger partial charge is 0.263 e. The van der Waals surface area contributed by atoms with Crippen molar-refractivity contribution in [1.82, 2.24) is 15.2 Å². The van der Waals surface area contributed by atoms with Crippen molar-refractivity contribution in [2.24, 2.45) is 0 Å². The Bertz CT molecular complexity index is 998. The van der Waals surface area contributed by atoms with E-state index < -0.39 is 0 Å². The SMILES string of the molecule is O=C(NCc1ccc(CN2CCC(O)CC2)cc1)c1cnc(-c2ccccc2Cl)s1. The van der Waals surface area contributed by atoms with E-state index in [0.717, 1.165) is 48.6 Å². The molecule has 4 rings (SSSR count). The molecule has 1 aliphatic heterocycles. The molecule has 0 radical (unpaired) electrons. The van der Waals surface area contributed by atoms with Crippen LogP contribution >= 0.6 is 22.9 Å². The average molecular weight is 442 g/mol. The second kappa shape index (κ2) is 9.71. The Morgan fingerprint density at radius 3 is 2.57 bits per heavy atom. The van der Waals surface area contributed by atoms with Crippen molar-refractivity contribution in [3.63, 3.8) is 0 Å². The van der Waals surface area contributed by atoms with E-state index in [1.165, 1.54) is 16.9 Å². The van der Waals surface area contributed by atoms with Gasteiger partial charge in [-0.15, -0.1) is 11.3 Å². The molecule has 0 atom stereocenters. The second-order valence-corrected chi connectivity index (χ2v) is 8.95. The number of amides is 1. The maximum Gasteiger partial charge on any atom is 0.263 e. The molecule has 0 spiro atoms.